The molecule has 11 heavy (non-hydrogen) atoms. The summed E-state index contributed by atoms with van der Waals surface area (Å²) in [6.45, 7) is 2.56. The van der Waals surface area contributed by atoms with Gasteiger partial charge in [0.25, 0.3) is 0 Å². The van der Waals surface area contributed by atoms with E-state index in [2.05, 4.69) is 0 Å². The quantitative estimate of drug-likeness (QED) is 0.271. The lowest BCUT2D eigenvalue weighted by Gasteiger charge is -1.93. The van der Waals surface area contributed by atoms with Gasteiger partial charge in [-0.05, 0) is 19.9 Å². The van der Waals surface area contributed by atoms with Crippen molar-refractivity contribution in [1.82, 2.24) is 0 Å². The Balaban J connectivity index is 4.75. The Hall–Kier alpha value is -1.45. The molecular weight excluding hydrogens is 146 g/mol. The molecule has 2 N–H and O–H groups in total. The van der Waals surface area contributed by atoms with Crippen LogP contribution in [0.4, 0.5) is 0 Å². The first kappa shape index (κ1) is 9.55. The van der Waals surface area contributed by atoms with Crippen LogP contribution in [-0.2, 0) is 9.59 Å². The van der Waals surface area contributed by atoms with Crippen LogP contribution in [0.1, 0.15) is 13.8 Å². The predicted octanol–water partition coefficient (Wildman–Crippen LogP) is 0.626. The topological polar surface area (TPSA) is 78.2 Å². The number of carbonyl (C=O) groups is 2. The minimum Gasteiger partial charge on any atom is -0.478 e. The molecule has 0 aliphatic rings. The van der Waals surface area contributed by atoms with Gasteiger partial charge in [-0.1, -0.05) is 0 Å². The van der Waals surface area contributed by atoms with E-state index >= 15 is 0 Å². The summed E-state index contributed by atoms with van der Waals surface area (Å²) in [5.41, 5.74) is -0.296. The number of ketones is 1. The van der Waals surface area contributed by atoms with Crippen LogP contribution in [0.5, 0.6) is 0 Å². The third-order valence-electron chi connectivity index (χ3n) is 0.971. The van der Waals surface area contributed by atoms with E-state index in [-0.39, 0.29) is 11.3 Å². The van der Waals surface area contributed by atoms with Gasteiger partial charge in [0, 0.05) is 5.71 Å². The minimum absolute atomic E-state index is 0.0533. The molecule has 0 saturated heterocycles. The molecule has 0 aromatic heterocycles. The third-order valence-corrected chi connectivity index (χ3v) is 0.971. The Morgan fingerprint density at radius 1 is 1.36 bits per heavy atom. The zero-order chi connectivity index (χ0) is 9.02. The first-order chi connectivity index (χ1) is 4.95. The molecule has 60 valence electrons. The lowest BCUT2D eigenvalue weighted by molar-refractivity contribution is -0.134. The molecule has 0 rings (SSSR count). The molecule has 0 fully saturated rings. The Morgan fingerprint density at radius 2 is 1.82 bits per heavy atom. The van der Waals surface area contributed by atoms with E-state index in [0.29, 0.717) is 0 Å². The maximum Gasteiger partial charge on any atom is 0.339 e. The zero-order valence-electron chi connectivity index (χ0n) is 6.34. The van der Waals surface area contributed by atoms with Crippen molar-refractivity contribution in [1.29, 1.82) is 5.41 Å². The molecule has 0 aromatic carbocycles. The Bertz CT molecular complexity index is 224. The molecule has 0 atom stereocenters. The number of carbonyl (C=O) groups excluding carboxylic acids is 1. The lowest BCUT2D eigenvalue weighted by Crippen LogP contribution is -2.10. The van der Waals surface area contributed by atoms with Gasteiger partial charge in [-0.25, -0.2) is 4.79 Å². The highest BCUT2D eigenvalue weighted by Crippen LogP contribution is 1.96. The monoisotopic (exact) mass is 155 g/mol. The normalized spacial score (nSPS) is 10.9. The fourth-order valence-corrected chi connectivity index (χ4v) is 0.530. The fourth-order valence-electron chi connectivity index (χ4n) is 0.530. The van der Waals surface area contributed by atoms with Crippen LogP contribution in [0.2, 0.25) is 0 Å². The Labute approximate surface area is 64.0 Å². The molecule has 0 heterocycles. The van der Waals surface area contributed by atoms with Crippen molar-refractivity contribution < 1.29 is 14.7 Å². The second-order valence-electron chi connectivity index (χ2n) is 2.10. The summed E-state index contributed by atoms with van der Waals surface area (Å²) in [7, 11) is 0. The summed E-state index contributed by atoms with van der Waals surface area (Å²) in [4.78, 5) is 20.9. The molecule has 0 radical (unpaired) electrons. The minimum atomic E-state index is -1.29. The maximum absolute atomic E-state index is 10.6. The highest BCUT2D eigenvalue weighted by atomic mass is 16.4. The van der Waals surface area contributed by atoms with Gasteiger partial charge in [0.15, 0.2) is 5.78 Å². The van der Waals surface area contributed by atoms with Crippen molar-refractivity contribution in [2.45, 2.75) is 13.8 Å². The van der Waals surface area contributed by atoms with E-state index in [9.17, 15) is 9.59 Å². The average molecular weight is 155 g/mol. The molecule has 0 aliphatic carbocycles. The largest absolute Gasteiger partial charge is 0.478 e. The van der Waals surface area contributed by atoms with Crippen LogP contribution in [0, 0.1) is 5.41 Å². The Morgan fingerprint density at radius 3 is 1.91 bits per heavy atom. The number of Topliss-reactive ketones (excluding diaryl/α,β-unsaturated/α-hetero) is 1. The molecule has 0 amide bonds. The van der Waals surface area contributed by atoms with Gasteiger partial charge < -0.3 is 10.5 Å². The standard InChI is InChI=1S/C7H9NO3/c1-4(8)3-6(5(2)9)7(10)11/h3,8H,1-2H3,(H,10,11)/b6-3+,8-4?. The van der Waals surface area contributed by atoms with Gasteiger partial charge in [-0.3, -0.25) is 4.79 Å². The van der Waals surface area contributed by atoms with E-state index in [0.717, 1.165) is 13.0 Å². The van der Waals surface area contributed by atoms with E-state index in [4.69, 9.17) is 10.5 Å². The number of hydrogen-bond acceptors (Lipinski definition) is 3. The summed E-state index contributed by atoms with van der Waals surface area (Å²) in [5, 5.41) is 15.3. The second kappa shape index (κ2) is 3.65. The maximum atomic E-state index is 10.6. The molecule has 0 spiro atoms. The van der Waals surface area contributed by atoms with Crippen LogP contribution in [-0.4, -0.2) is 22.6 Å². The van der Waals surface area contributed by atoms with Crippen LogP contribution in [0.3, 0.4) is 0 Å². The number of hydrogen-bond donors (Lipinski definition) is 2. The predicted molar refractivity (Wildman–Crippen MR) is 39.8 cm³/mol. The fraction of sp³-hybridized carbons (Fsp3) is 0.286. The SMILES string of the molecule is CC(=N)/C=C(\C(C)=O)C(=O)O. The highest BCUT2D eigenvalue weighted by molar-refractivity contribution is 6.19. The molecule has 0 bridgehead atoms. The van der Waals surface area contributed by atoms with Crippen molar-refractivity contribution >= 4 is 17.5 Å². The van der Waals surface area contributed by atoms with Gasteiger partial charge in [0.2, 0.25) is 0 Å². The van der Waals surface area contributed by atoms with Gasteiger partial charge in [0.05, 0.1) is 0 Å². The van der Waals surface area contributed by atoms with Crippen molar-refractivity contribution in [3.8, 4) is 0 Å². The highest BCUT2D eigenvalue weighted by Gasteiger charge is 2.11. The first-order valence-electron chi connectivity index (χ1n) is 2.96. The van der Waals surface area contributed by atoms with Crippen molar-refractivity contribution in [3.05, 3.63) is 11.6 Å². The first-order valence-corrected chi connectivity index (χ1v) is 2.96. The van der Waals surface area contributed by atoms with Crippen molar-refractivity contribution in [3.63, 3.8) is 0 Å². The number of nitrogens with one attached hydrogen (secondary N) is 1. The molecule has 0 saturated carbocycles. The van der Waals surface area contributed by atoms with E-state index in [1.54, 1.807) is 0 Å². The summed E-state index contributed by atoms with van der Waals surface area (Å²) in [6, 6.07) is 0. The molecule has 4 nitrogen and oxygen atoms in total. The second-order valence-corrected chi connectivity index (χ2v) is 2.10. The smallest absolute Gasteiger partial charge is 0.339 e. The van der Waals surface area contributed by atoms with Crippen molar-refractivity contribution in [2.24, 2.45) is 0 Å². The number of aliphatic carboxylic acids is 1. The summed E-state index contributed by atoms with van der Waals surface area (Å²) in [6.07, 6.45) is 1.03. The van der Waals surface area contributed by atoms with Gasteiger partial charge in [0.1, 0.15) is 5.57 Å². The summed E-state index contributed by atoms with van der Waals surface area (Å²) < 4.78 is 0. The molecule has 0 aromatic rings. The van der Waals surface area contributed by atoms with Gasteiger partial charge in [-0.2, -0.15) is 0 Å². The molecule has 0 unspecified atom stereocenters. The molecular formula is C7H9NO3. The third kappa shape index (κ3) is 3.30. The van der Waals surface area contributed by atoms with E-state index in [1.807, 2.05) is 0 Å². The molecule has 0 aliphatic heterocycles. The van der Waals surface area contributed by atoms with Gasteiger partial charge >= 0.3 is 5.97 Å². The van der Waals surface area contributed by atoms with E-state index < -0.39 is 11.8 Å². The Kier molecular flexibility index (Phi) is 3.17. The summed E-state index contributed by atoms with van der Waals surface area (Å²) >= 11 is 0. The van der Waals surface area contributed by atoms with Crippen LogP contribution in [0.25, 0.3) is 0 Å². The van der Waals surface area contributed by atoms with Crippen LogP contribution >= 0.6 is 0 Å². The summed E-state index contributed by atoms with van der Waals surface area (Å²) in [5.74, 6) is -1.83. The number of rotatable bonds is 3. The lowest BCUT2D eigenvalue weighted by atomic mass is 10.1. The molecule has 4 heteroatoms. The van der Waals surface area contributed by atoms with Crippen molar-refractivity contribution in [2.75, 3.05) is 0 Å². The van der Waals surface area contributed by atoms with E-state index in [1.165, 1.54) is 6.92 Å². The number of allylic oxidation sites excluding steroid dienone is 1. The average Bonchev–Trinajstić information content (AvgIpc) is 1.81. The van der Waals surface area contributed by atoms with Crippen LogP contribution < -0.4 is 0 Å². The number of carboxylic acid groups (broad SMARTS) is 1. The number of carboxylic acids is 1. The van der Waals surface area contributed by atoms with Gasteiger partial charge in [-0.15, -0.1) is 0 Å². The zero-order valence-corrected chi connectivity index (χ0v) is 6.34. The van der Waals surface area contributed by atoms with Crippen LogP contribution in [0.15, 0.2) is 11.6 Å².